The average Bonchev–Trinajstić information content (AvgIpc) is 2.78. The molecule has 3 rings (SSSR count). The number of carboxylic acid groups (broad SMARTS) is 1. The van der Waals surface area contributed by atoms with E-state index >= 15 is 0 Å². The van der Waals surface area contributed by atoms with Gasteiger partial charge in [0, 0.05) is 5.56 Å². The van der Waals surface area contributed by atoms with Crippen molar-refractivity contribution in [2.45, 2.75) is 13.5 Å². The molecule has 0 atom stereocenters. The summed E-state index contributed by atoms with van der Waals surface area (Å²) in [6, 6.07) is 19.4. The van der Waals surface area contributed by atoms with Crippen LogP contribution in [-0.2, 0) is 11.4 Å². The first-order valence-corrected chi connectivity index (χ1v) is 10.1. The summed E-state index contributed by atoms with van der Waals surface area (Å²) in [6.07, 6.45) is 1.31. The molecule has 0 saturated heterocycles. The number of halogens is 1. The Hall–Kier alpha value is -3.77. The molecule has 0 fully saturated rings. The predicted octanol–water partition coefficient (Wildman–Crippen LogP) is 5.09. The van der Waals surface area contributed by atoms with Crippen molar-refractivity contribution >= 4 is 29.6 Å². The molecule has 0 unspecified atom stereocenters. The summed E-state index contributed by atoms with van der Waals surface area (Å²) in [4.78, 5) is 24.0. The third kappa shape index (κ3) is 5.89. The molecule has 2 N–H and O–H groups in total. The molecule has 0 aliphatic rings. The first-order valence-electron chi connectivity index (χ1n) is 9.74. The molecule has 0 saturated carbocycles. The highest BCUT2D eigenvalue weighted by Crippen LogP contribution is 2.37. The summed E-state index contributed by atoms with van der Waals surface area (Å²) in [5.41, 5.74) is 2.56. The molecule has 3 aromatic rings. The Morgan fingerprint density at radius 2 is 1.81 bits per heavy atom. The summed E-state index contributed by atoms with van der Waals surface area (Å²) in [7, 11) is 1.47. The number of nitrogens with one attached hydrogen (secondary N) is 1. The van der Waals surface area contributed by atoms with Crippen LogP contribution in [0, 0.1) is 6.92 Å². The summed E-state index contributed by atoms with van der Waals surface area (Å²) in [5.74, 6) is -1.13. The van der Waals surface area contributed by atoms with E-state index in [1.807, 2.05) is 31.2 Å². The number of rotatable bonds is 8. The lowest BCUT2D eigenvalue weighted by atomic mass is 10.1. The van der Waals surface area contributed by atoms with E-state index in [-0.39, 0.29) is 10.7 Å². The molecule has 32 heavy (non-hydrogen) atoms. The smallest absolute Gasteiger partial charge is 0.352 e. The number of carbonyl (C=O) groups excluding carboxylic acids is 1. The minimum absolute atomic E-state index is 0.252. The number of carboxylic acids is 1. The van der Waals surface area contributed by atoms with Crippen LogP contribution in [0.2, 0.25) is 5.02 Å². The van der Waals surface area contributed by atoms with Gasteiger partial charge in [0.2, 0.25) is 0 Å². The quantitative estimate of drug-likeness (QED) is 0.466. The number of hydrogen-bond acceptors (Lipinski definition) is 4. The lowest BCUT2D eigenvalue weighted by molar-refractivity contribution is -0.132. The van der Waals surface area contributed by atoms with E-state index in [1.54, 1.807) is 42.5 Å². The Bertz CT molecular complexity index is 1160. The average molecular weight is 452 g/mol. The molecule has 164 valence electrons. The first-order chi connectivity index (χ1) is 15.4. The van der Waals surface area contributed by atoms with Crippen LogP contribution < -0.4 is 14.8 Å². The zero-order valence-electron chi connectivity index (χ0n) is 17.6. The van der Waals surface area contributed by atoms with E-state index < -0.39 is 11.9 Å². The Kier molecular flexibility index (Phi) is 7.52. The van der Waals surface area contributed by atoms with Crippen LogP contribution in [0.15, 0.2) is 72.4 Å². The minimum Gasteiger partial charge on any atom is -0.493 e. The van der Waals surface area contributed by atoms with Gasteiger partial charge in [-0.15, -0.1) is 0 Å². The fourth-order valence-electron chi connectivity index (χ4n) is 3.02. The molecular formula is C25H22ClNO5. The number of aryl methyl sites for hydroxylation is 1. The number of ether oxygens (including phenoxy) is 2. The molecule has 0 aliphatic heterocycles. The Balaban J connectivity index is 1.84. The van der Waals surface area contributed by atoms with Crippen LogP contribution >= 0.6 is 11.6 Å². The van der Waals surface area contributed by atoms with E-state index in [4.69, 9.17) is 21.1 Å². The van der Waals surface area contributed by atoms with E-state index in [0.717, 1.165) is 11.1 Å². The van der Waals surface area contributed by atoms with Crippen molar-refractivity contribution in [1.82, 2.24) is 5.32 Å². The molecule has 0 radical (unpaired) electrons. The third-order valence-corrected chi connectivity index (χ3v) is 4.82. The van der Waals surface area contributed by atoms with Crippen molar-refractivity contribution in [2.75, 3.05) is 7.11 Å². The topological polar surface area (TPSA) is 84.9 Å². The lowest BCUT2D eigenvalue weighted by Crippen LogP contribution is -2.27. The lowest BCUT2D eigenvalue weighted by Gasteiger charge is -2.14. The Morgan fingerprint density at radius 1 is 1.06 bits per heavy atom. The van der Waals surface area contributed by atoms with Gasteiger partial charge in [-0.2, -0.15) is 0 Å². The molecule has 6 nitrogen and oxygen atoms in total. The summed E-state index contributed by atoms with van der Waals surface area (Å²) in [5, 5.41) is 12.2. The maximum atomic E-state index is 12.4. The molecule has 0 heterocycles. The zero-order chi connectivity index (χ0) is 23.1. The number of amides is 1. The maximum absolute atomic E-state index is 12.4. The van der Waals surface area contributed by atoms with Gasteiger partial charge in [0.1, 0.15) is 12.3 Å². The van der Waals surface area contributed by atoms with E-state index in [1.165, 1.54) is 13.2 Å². The van der Waals surface area contributed by atoms with Crippen molar-refractivity contribution in [3.63, 3.8) is 0 Å². The Labute approximate surface area is 191 Å². The van der Waals surface area contributed by atoms with Crippen molar-refractivity contribution in [3.8, 4) is 11.5 Å². The Morgan fingerprint density at radius 3 is 2.47 bits per heavy atom. The maximum Gasteiger partial charge on any atom is 0.352 e. The predicted molar refractivity (Wildman–Crippen MR) is 123 cm³/mol. The number of hydrogen-bond donors (Lipinski definition) is 2. The van der Waals surface area contributed by atoms with Crippen molar-refractivity contribution < 1.29 is 24.2 Å². The van der Waals surface area contributed by atoms with Crippen molar-refractivity contribution in [2.24, 2.45) is 0 Å². The molecule has 3 aromatic carbocycles. The molecule has 1 amide bonds. The van der Waals surface area contributed by atoms with Crippen LogP contribution in [0.5, 0.6) is 11.5 Å². The van der Waals surface area contributed by atoms with Crippen molar-refractivity contribution in [3.05, 3.63) is 99.7 Å². The minimum atomic E-state index is -1.29. The first kappa shape index (κ1) is 22.9. The highest BCUT2D eigenvalue weighted by Gasteiger charge is 2.16. The third-order valence-electron chi connectivity index (χ3n) is 4.54. The van der Waals surface area contributed by atoms with E-state index in [9.17, 15) is 14.7 Å². The number of aliphatic carboxylic acids is 1. The fourth-order valence-corrected chi connectivity index (χ4v) is 3.30. The molecule has 0 spiro atoms. The molecule has 7 heteroatoms. The second kappa shape index (κ2) is 10.5. The van der Waals surface area contributed by atoms with Crippen molar-refractivity contribution in [1.29, 1.82) is 0 Å². The highest BCUT2D eigenvalue weighted by molar-refractivity contribution is 6.32. The summed E-state index contributed by atoms with van der Waals surface area (Å²) < 4.78 is 11.3. The van der Waals surface area contributed by atoms with Crippen LogP contribution in [0.4, 0.5) is 0 Å². The van der Waals surface area contributed by atoms with Gasteiger partial charge in [0.15, 0.2) is 11.5 Å². The van der Waals surface area contributed by atoms with Gasteiger partial charge in [-0.3, -0.25) is 4.79 Å². The van der Waals surface area contributed by atoms with Gasteiger partial charge < -0.3 is 19.9 Å². The standard InChI is InChI=1S/C25H22ClNO5/c1-16-7-6-8-17(11-16)15-32-23-20(26)12-18(14-22(23)31-2)13-21(25(29)30)27-24(28)19-9-4-3-5-10-19/h3-14H,15H2,1-2H3,(H,27,28)(H,29,30)/b21-13+. The largest absolute Gasteiger partial charge is 0.493 e. The second-order valence-electron chi connectivity index (χ2n) is 7.00. The van der Waals surface area contributed by atoms with Gasteiger partial charge >= 0.3 is 5.97 Å². The summed E-state index contributed by atoms with van der Waals surface area (Å²) >= 11 is 6.41. The van der Waals surface area contributed by atoms with Crippen LogP contribution in [0.25, 0.3) is 6.08 Å². The SMILES string of the molecule is COc1cc(/C=C(/NC(=O)c2ccccc2)C(=O)O)cc(Cl)c1OCc1cccc(C)c1. The van der Waals surface area contributed by atoms with Gasteiger partial charge in [0.05, 0.1) is 12.1 Å². The van der Waals surface area contributed by atoms with E-state index in [0.29, 0.717) is 29.2 Å². The van der Waals surface area contributed by atoms with Gasteiger partial charge in [-0.05, 0) is 48.4 Å². The summed E-state index contributed by atoms with van der Waals surface area (Å²) in [6.45, 7) is 2.29. The number of methoxy groups -OCH3 is 1. The van der Waals surface area contributed by atoms with Gasteiger partial charge in [0.25, 0.3) is 5.91 Å². The number of carbonyl (C=O) groups is 2. The number of benzene rings is 3. The fraction of sp³-hybridized carbons (Fsp3) is 0.120. The van der Waals surface area contributed by atoms with Gasteiger partial charge in [-0.1, -0.05) is 59.6 Å². The molecular weight excluding hydrogens is 430 g/mol. The van der Waals surface area contributed by atoms with Crippen LogP contribution in [0.3, 0.4) is 0 Å². The molecule has 0 aromatic heterocycles. The molecule has 0 bridgehead atoms. The zero-order valence-corrected chi connectivity index (χ0v) is 18.3. The van der Waals surface area contributed by atoms with Gasteiger partial charge in [-0.25, -0.2) is 4.79 Å². The van der Waals surface area contributed by atoms with Crippen LogP contribution in [-0.4, -0.2) is 24.1 Å². The van der Waals surface area contributed by atoms with Crippen LogP contribution in [0.1, 0.15) is 27.0 Å². The second-order valence-corrected chi connectivity index (χ2v) is 7.40. The van der Waals surface area contributed by atoms with E-state index in [2.05, 4.69) is 5.32 Å². The molecule has 0 aliphatic carbocycles. The monoisotopic (exact) mass is 451 g/mol. The normalized spacial score (nSPS) is 11.0. The highest BCUT2D eigenvalue weighted by atomic mass is 35.5.